The number of pyridine rings is 1. The second-order valence-electron chi connectivity index (χ2n) is 7.04. The Morgan fingerprint density at radius 1 is 1.00 bits per heavy atom. The average Bonchev–Trinajstić information content (AvgIpc) is 2.78. The van der Waals surface area contributed by atoms with Gasteiger partial charge in [-0.15, -0.1) is 0 Å². The molecule has 7 nitrogen and oxygen atoms in total. The number of carbonyl (C=O) groups is 1. The van der Waals surface area contributed by atoms with Crippen molar-refractivity contribution in [3.8, 4) is 22.6 Å². The minimum absolute atomic E-state index is 0.0431. The Balaban J connectivity index is 1.59. The second-order valence-corrected chi connectivity index (χ2v) is 7.04. The van der Waals surface area contributed by atoms with Crippen LogP contribution in [0.4, 0.5) is 5.69 Å². The first-order valence-corrected chi connectivity index (χ1v) is 9.66. The number of aromatic nitrogens is 3. The van der Waals surface area contributed by atoms with Crippen LogP contribution in [0.2, 0.25) is 0 Å². The minimum atomic E-state index is -0.478. The number of aromatic amines is 1. The molecule has 1 amide bonds. The highest BCUT2D eigenvalue weighted by atomic mass is 16.5. The van der Waals surface area contributed by atoms with Gasteiger partial charge in [0.25, 0.3) is 5.91 Å². The Morgan fingerprint density at radius 3 is 2.55 bits per heavy atom. The smallest absolute Gasteiger partial charge is 0.261 e. The molecule has 0 aliphatic heterocycles. The highest BCUT2D eigenvalue weighted by Gasteiger charge is 2.16. The van der Waals surface area contributed by atoms with Gasteiger partial charge in [-0.1, -0.05) is 30.3 Å². The molecule has 31 heavy (non-hydrogen) atoms. The van der Waals surface area contributed by atoms with Gasteiger partial charge in [0.15, 0.2) is 0 Å². The number of nitrogens with zero attached hydrogens (tertiary/aromatic N) is 2. The molecule has 0 atom stereocenters. The van der Waals surface area contributed by atoms with E-state index in [0.717, 1.165) is 16.7 Å². The van der Waals surface area contributed by atoms with E-state index in [1.807, 2.05) is 56.3 Å². The average molecular weight is 412 g/mol. The molecule has 7 heteroatoms. The van der Waals surface area contributed by atoms with E-state index in [1.165, 1.54) is 12.4 Å². The van der Waals surface area contributed by atoms with Gasteiger partial charge in [-0.3, -0.25) is 9.59 Å². The number of aryl methyl sites for hydroxylation is 2. The number of nitrogens with one attached hydrogen (secondary N) is 2. The van der Waals surface area contributed by atoms with Crippen LogP contribution in [0.3, 0.4) is 0 Å². The summed E-state index contributed by atoms with van der Waals surface area (Å²) < 4.78 is 5.85. The molecule has 2 heterocycles. The standard InChI is InChI=1S/C24H20N4O3/c1-15-11-22(31-18-8-9-26-27-12-18)16(2)10-21(15)28-24(30)20-14-25-13-19(23(20)29)17-6-4-3-5-7-17/h3-14H,1-2H3,(H,25,29)(H,28,30). The van der Waals surface area contributed by atoms with Crippen LogP contribution in [0.15, 0.2) is 78.1 Å². The lowest BCUT2D eigenvalue weighted by Crippen LogP contribution is -2.23. The predicted octanol–water partition coefficient (Wildman–Crippen LogP) is 4.49. The predicted molar refractivity (Wildman–Crippen MR) is 118 cm³/mol. The van der Waals surface area contributed by atoms with Gasteiger partial charge < -0.3 is 15.0 Å². The number of hydrogen-bond acceptors (Lipinski definition) is 5. The molecule has 2 aromatic carbocycles. The second kappa shape index (κ2) is 8.62. The number of benzene rings is 2. The van der Waals surface area contributed by atoms with Gasteiger partial charge in [-0.05, 0) is 42.7 Å². The zero-order valence-corrected chi connectivity index (χ0v) is 17.0. The highest BCUT2D eigenvalue weighted by Crippen LogP contribution is 2.30. The van der Waals surface area contributed by atoms with E-state index in [4.69, 9.17) is 4.74 Å². The molecule has 0 saturated heterocycles. The molecule has 0 fully saturated rings. The maximum absolute atomic E-state index is 12.9. The lowest BCUT2D eigenvalue weighted by atomic mass is 10.0. The molecule has 0 spiro atoms. The molecule has 4 aromatic rings. The Bertz CT molecular complexity index is 1290. The number of carbonyl (C=O) groups excluding carboxylic acids is 1. The number of hydrogen-bond donors (Lipinski definition) is 2. The van der Waals surface area contributed by atoms with Crippen LogP contribution < -0.4 is 15.5 Å². The Labute approximate surface area is 178 Å². The van der Waals surface area contributed by atoms with Gasteiger partial charge in [0, 0.05) is 29.7 Å². The summed E-state index contributed by atoms with van der Waals surface area (Å²) in [7, 11) is 0. The largest absolute Gasteiger partial charge is 0.455 e. The summed E-state index contributed by atoms with van der Waals surface area (Å²) in [6, 6.07) is 14.6. The van der Waals surface area contributed by atoms with E-state index in [2.05, 4.69) is 20.5 Å². The summed E-state index contributed by atoms with van der Waals surface area (Å²) in [6.45, 7) is 3.74. The normalized spacial score (nSPS) is 10.5. The third kappa shape index (κ3) is 4.35. The molecule has 0 bridgehead atoms. The molecule has 0 saturated carbocycles. The fourth-order valence-corrected chi connectivity index (χ4v) is 3.18. The maximum Gasteiger partial charge on any atom is 0.261 e. The van der Waals surface area contributed by atoms with Crippen LogP contribution in [0.1, 0.15) is 21.5 Å². The summed E-state index contributed by atoms with van der Waals surface area (Å²) in [5, 5.41) is 10.4. The molecular weight excluding hydrogens is 392 g/mol. The summed E-state index contributed by atoms with van der Waals surface area (Å²) in [6.07, 6.45) is 6.09. The van der Waals surface area contributed by atoms with Crippen molar-refractivity contribution in [2.24, 2.45) is 0 Å². The molecule has 4 rings (SSSR count). The summed E-state index contributed by atoms with van der Waals surface area (Å²) in [5.74, 6) is 0.736. The monoisotopic (exact) mass is 412 g/mol. The molecule has 0 aliphatic rings. The molecule has 0 unspecified atom stereocenters. The first-order valence-electron chi connectivity index (χ1n) is 9.66. The summed E-state index contributed by atoms with van der Waals surface area (Å²) in [5.41, 5.74) is 3.13. The van der Waals surface area contributed by atoms with E-state index in [-0.39, 0.29) is 11.0 Å². The fourth-order valence-electron chi connectivity index (χ4n) is 3.18. The molecule has 0 radical (unpaired) electrons. The number of anilines is 1. The van der Waals surface area contributed by atoms with Gasteiger partial charge >= 0.3 is 0 Å². The first kappa shape index (κ1) is 20.0. The fraction of sp³-hybridized carbons (Fsp3) is 0.0833. The number of H-pyrrole nitrogens is 1. The van der Waals surface area contributed by atoms with Crippen LogP contribution in [-0.4, -0.2) is 21.1 Å². The van der Waals surface area contributed by atoms with E-state index in [9.17, 15) is 9.59 Å². The number of amides is 1. The van der Waals surface area contributed by atoms with Crippen molar-refractivity contribution in [3.05, 3.63) is 100 Å². The van der Waals surface area contributed by atoms with E-state index >= 15 is 0 Å². The third-order valence-corrected chi connectivity index (χ3v) is 4.83. The lowest BCUT2D eigenvalue weighted by molar-refractivity contribution is 0.102. The first-order chi connectivity index (χ1) is 15.0. The van der Waals surface area contributed by atoms with Crippen molar-refractivity contribution in [2.75, 3.05) is 5.32 Å². The van der Waals surface area contributed by atoms with Crippen molar-refractivity contribution in [3.63, 3.8) is 0 Å². The van der Waals surface area contributed by atoms with Crippen LogP contribution in [0.5, 0.6) is 11.5 Å². The Kier molecular flexibility index (Phi) is 5.57. The van der Waals surface area contributed by atoms with Gasteiger partial charge in [0.05, 0.1) is 12.4 Å². The van der Waals surface area contributed by atoms with Crippen molar-refractivity contribution in [1.29, 1.82) is 0 Å². The van der Waals surface area contributed by atoms with Crippen molar-refractivity contribution >= 4 is 11.6 Å². The Morgan fingerprint density at radius 2 is 1.81 bits per heavy atom. The van der Waals surface area contributed by atoms with Crippen LogP contribution in [-0.2, 0) is 0 Å². The summed E-state index contributed by atoms with van der Waals surface area (Å²) in [4.78, 5) is 28.7. The SMILES string of the molecule is Cc1cc(Oc2ccnnc2)c(C)cc1NC(=O)c1c[nH]cc(-c2ccccc2)c1=O. The van der Waals surface area contributed by atoms with Crippen molar-refractivity contribution in [1.82, 2.24) is 15.2 Å². The van der Waals surface area contributed by atoms with E-state index < -0.39 is 5.91 Å². The lowest BCUT2D eigenvalue weighted by Gasteiger charge is -2.14. The highest BCUT2D eigenvalue weighted by molar-refractivity contribution is 6.05. The zero-order valence-electron chi connectivity index (χ0n) is 17.0. The van der Waals surface area contributed by atoms with Crippen LogP contribution in [0.25, 0.3) is 11.1 Å². The third-order valence-electron chi connectivity index (χ3n) is 4.83. The maximum atomic E-state index is 12.9. The molecule has 2 N–H and O–H groups in total. The molecular formula is C24H20N4O3. The van der Waals surface area contributed by atoms with Gasteiger partial charge in [-0.2, -0.15) is 10.2 Å². The molecule has 0 aliphatic carbocycles. The number of ether oxygens (including phenoxy) is 1. The van der Waals surface area contributed by atoms with Crippen molar-refractivity contribution in [2.45, 2.75) is 13.8 Å². The van der Waals surface area contributed by atoms with Crippen molar-refractivity contribution < 1.29 is 9.53 Å². The topological polar surface area (TPSA) is 97.0 Å². The minimum Gasteiger partial charge on any atom is -0.455 e. The summed E-state index contributed by atoms with van der Waals surface area (Å²) >= 11 is 0. The van der Waals surface area contributed by atoms with Gasteiger partial charge in [0.1, 0.15) is 17.1 Å². The van der Waals surface area contributed by atoms with Crippen LogP contribution >= 0.6 is 0 Å². The van der Waals surface area contributed by atoms with E-state index in [1.54, 1.807) is 18.5 Å². The molecule has 154 valence electrons. The zero-order chi connectivity index (χ0) is 21.8. The molecule has 2 aromatic heterocycles. The van der Waals surface area contributed by atoms with Gasteiger partial charge in [0.2, 0.25) is 5.43 Å². The Hall–Kier alpha value is -4.26. The van der Waals surface area contributed by atoms with Gasteiger partial charge in [-0.25, -0.2) is 0 Å². The van der Waals surface area contributed by atoms with Crippen LogP contribution in [0, 0.1) is 13.8 Å². The van der Waals surface area contributed by atoms with E-state index in [0.29, 0.717) is 22.7 Å². The quantitative estimate of drug-likeness (QED) is 0.503. The number of rotatable bonds is 5.